The molecule has 1 amide bonds. The van der Waals surface area contributed by atoms with Gasteiger partial charge >= 0.3 is 0 Å². The maximum absolute atomic E-state index is 11.5. The molecule has 2 aromatic rings. The monoisotopic (exact) mass is 283 g/mol. The van der Waals surface area contributed by atoms with Gasteiger partial charge in [0.15, 0.2) is 5.82 Å². The number of nitrogens with two attached hydrogens (primary N) is 1. The highest BCUT2D eigenvalue weighted by atomic mass is 16.5. The fraction of sp³-hybridized carbons (Fsp3) is 0.312. The van der Waals surface area contributed by atoms with Crippen molar-refractivity contribution in [3.05, 3.63) is 42.1 Å². The molecule has 1 aromatic heterocycles. The third-order valence-electron chi connectivity index (χ3n) is 3.58. The van der Waals surface area contributed by atoms with Gasteiger partial charge in [0.25, 0.3) is 5.91 Å². The van der Waals surface area contributed by atoms with Crippen molar-refractivity contribution in [3.8, 4) is 17.3 Å². The Kier molecular flexibility index (Phi) is 3.81. The summed E-state index contributed by atoms with van der Waals surface area (Å²) in [6.45, 7) is 0. The normalized spacial score (nSPS) is 15.0. The second kappa shape index (κ2) is 5.91. The molecule has 0 bridgehead atoms. The van der Waals surface area contributed by atoms with Crippen molar-refractivity contribution in [2.75, 3.05) is 0 Å². The maximum Gasteiger partial charge on any atom is 0.267 e. The summed E-state index contributed by atoms with van der Waals surface area (Å²) in [5.41, 5.74) is 6.36. The number of hydrogen-bond acceptors (Lipinski definition) is 4. The van der Waals surface area contributed by atoms with Gasteiger partial charge in [-0.2, -0.15) is 4.98 Å². The summed E-state index contributed by atoms with van der Waals surface area (Å²) in [6, 6.07) is 11.0. The number of amides is 1. The third kappa shape index (κ3) is 3.18. The van der Waals surface area contributed by atoms with Gasteiger partial charge in [-0.15, -0.1) is 0 Å². The minimum Gasteiger partial charge on any atom is -0.474 e. The summed E-state index contributed by atoms with van der Waals surface area (Å²) >= 11 is 0. The Morgan fingerprint density at radius 2 is 1.86 bits per heavy atom. The van der Waals surface area contributed by atoms with E-state index in [0.717, 1.165) is 18.4 Å². The van der Waals surface area contributed by atoms with E-state index in [0.29, 0.717) is 11.7 Å². The molecule has 1 heterocycles. The molecule has 0 atom stereocenters. The first kappa shape index (κ1) is 13.5. The van der Waals surface area contributed by atoms with Crippen LogP contribution >= 0.6 is 0 Å². The number of ether oxygens (including phenoxy) is 1. The van der Waals surface area contributed by atoms with E-state index in [-0.39, 0.29) is 11.8 Å². The molecule has 0 saturated heterocycles. The number of aromatic nitrogens is 2. The molecule has 1 saturated carbocycles. The van der Waals surface area contributed by atoms with Gasteiger partial charge in [0, 0.05) is 11.6 Å². The highest BCUT2D eigenvalue weighted by Crippen LogP contribution is 2.25. The van der Waals surface area contributed by atoms with E-state index < -0.39 is 5.91 Å². The molecular weight excluding hydrogens is 266 g/mol. The standard InChI is InChI=1S/C16H17N3O2/c17-15(20)13-10-14(21-12-8-4-5-9-12)19-16(18-13)11-6-2-1-3-7-11/h1-3,6-7,10,12H,4-5,8-9H2,(H2,17,20). The molecule has 0 aliphatic heterocycles. The first-order chi connectivity index (χ1) is 10.2. The van der Waals surface area contributed by atoms with E-state index in [4.69, 9.17) is 10.5 Å². The summed E-state index contributed by atoms with van der Waals surface area (Å²) in [4.78, 5) is 20.1. The van der Waals surface area contributed by atoms with E-state index in [9.17, 15) is 4.79 Å². The van der Waals surface area contributed by atoms with Crippen LogP contribution in [0.15, 0.2) is 36.4 Å². The van der Waals surface area contributed by atoms with E-state index in [1.807, 2.05) is 30.3 Å². The quantitative estimate of drug-likeness (QED) is 0.935. The minimum absolute atomic E-state index is 0.171. The van der Waals surface area contributed by atoms with Gasteiger partial charge < -0.3 is 10.5 Å². The lowest BCUT2D eigenvalue weighted by atomic mass is 10.2. The Balaban J connectivity index is 1.95. The lowest BCUT2D eigenvalue weighted by molar-refractivity contribution is 0.0994. The number of rotatable bonds is 4. The van der Waals surface area contributed by atoms with E-state index >= 15 is 0 Å². The molecule has 108 valence electrons. The number of carbonyl (C=O) groups is 1. The SMILES string of the molecule is NC(=O)c1cc(OC2CCCC2)nc(-c2ccccc2)n1. The van der Waals surface area contributed by atoms with Crippen LogP contribution in [0, 0.1) is 0 Å². The van der Waals surface area contributed by atoms with E-state index in [2.05, 4.69) is 9.97 Å². The lowest BCUT2D eigenvalue weighted by Gasteiger charge is -2.13. The zero-order chi connectivity index (χ0) is 14.7. The largest absolute Gasteiger partial charge is 0.474 e. The molecule has 21 heavy (non-hydrogen) atoms. The average Bonchev–Trinajstić information content (AvgIpc) is 3.01. The first-order valence-electron chi connectivity index (χ1n) is 7.13. The summed E-state index contributed by atoms with van der Waals surface area (Å²) < 4.78 is 5.87. The van der Waals surface area contributed by atoms with Crippen molar-refractivity contribution < 1.29 is 9.53 Å². The predicted octanol–water partition coefficient (Wildman–Crippen LogP) is 2.56. The minimum atomic E-state index is -0.578. The number of carbonyl (C=O) groups excluding carboxylic acids is 1. The highest BCUT2D eigenvalue weighted by Gasteiger charge is 2.19. The molecule has 0 unspecified atom stereocenters. The predicted molar refractivity (Wildman–Crippen MR) is 78.9 cm³/mol. The fourth-order valence-electron chi connectivity index (χ4n) is 2.50. The topological polar surface area (TPSA) is 78.1 Å². The Labute approximate surface area is 123 Å². The molecule has 0 radical (unpaired) electrons. The molecule has 3 rings (SSSR count). The van der Waals surface area contributed by atoms with Crippen molar-refractivity contribution in [1.82, 2.24) is 9.97 Å². The smallest absolute Gasteiger partial charge is 0.267 e. The van der Waals surface area contributed by atoms with Crippen LogP contribution < -0.4 is 10.5 Å². The summed E-state index contributed by atoms with van der Waals surface area (Å²) in [7, 11) is 0. The van der Waals surface area contributed by atoms with Gasteiger partial charge in [-0.3, -0.25) is 4.79 Å². The average molecular weight is 283 g/mol. The molecule has 1 aromatic carbocycles. The maximum atomic E-state index is 11.5. The molecule has 1 aliphatic carbocycles. The van der Waals surface area contributed by atoms with Crippen molar-refractivity contribution in [2.45, 2.75) is 31.8 Å². The fourth-order valence-corrected chi connectivity index (χ4v) is 2.50. The van der Waals surface area contributed by atoms with Crippen LogP contribution in [0.4, 0.5) is 0 Å². The van der Waals surface area contributed by atoms with Crippen LogP contribution in [0.5, 0.6) is 5.88 Å². The zero-order valence-corrected chi connectivity index (χ0v) is 11.7. The number of nitrogens with zero attached hydrogens (tertiary/aromatic N) is 2. The van der Waals surface area contributed by atoms with Crippen LogP contribution in [0.2, 0.25) is 0 Å². The van der Waals surface area contributed by atoms with Crippen molar-refractivity contribution >= 4 is 5.91 Å². The van der Waals surface area contributed by atoms with Gasteiger partial charge in [-0.05, 0) is 25.7 Å². The van der Waals surface area contributed by atoms with Crippen LogP contribution in [0.25, 0.3) is 11.4 Å². The van der Waals surface area contributed by atoms with Crippen LogP contribution in [-0.2, 0) is 0 Å². The van der Waals surface area contributed by atoms with Crippen molar-refractivity contribution in [3.63, 3.8) is 0 Å². The van der Waals surface area contributed by atoms with Crippen LogP contribution in [-0.4, -0.2) is 22.0 Å². The second-order valence-electron chi connectivity index (χ2n) is 5.17. The number of benzene rings is 1. The Morgan fingerprint density at radius 3 is 2.52 bits per heavy atom. The van der Waals surface area contributed by atoms with Crippen LogP contribution in [0.1, 0.15) is 36.2 Å². The Bertz CT molecular complexity index is 637. The third-order valence-corrected chi connectivity index (χ3v) is 3.58. The Morgan fingerprint density at radius 1 is 1.14 bits per heavy atom. The van der Waals surface area contributed by atoms with Crippen LogP contribution in [0.3, 0.4) is 0 Å². The lowest BCUT2D eigenvalue weighted by Crippen LogP contribution is -2.17. The molecule has 1 fully saturated rings. The molecule has 0 spiro atoms. The molecule has 5 nitrogen and oxygen atoms in total. The van der Waals surface area contributed by atoms with Crippen molar-refractivity contribution in [1.29, 1.82) is 0 Å². The zero-order valence-electron chi connectivity index (χ0n) is 11.7. The molecule has 1 aliphatic rings. The molecule has 2 N–H and O–H groups in total. The summed E-state index contributed by atoms with van der Waals surface area (Å²) in [5.74, 6) is 0.301. The van der Waals surface area contributed by atoms with Gasteiger partial charge in [-0.1, -0.05) is 30.3 Å². The number of hydrogen-bond donors (Lipinski definition) is 1. The van der Waals surface area contributed by atoms with Gasteiger partial charge in [0.05, 0.1) is 0 Å². The second-order valence-corrected chi connectivity index (χ2v) is 5.17. The van der Waals surface area contributed by atoms with E-state index in [1.54, 1.807) is 0 Å². The summed E-state index contributed by atoms with van der Waals surface area (Å²) in [5, 5.41) is 0. The molecular formula is C16H17N3O2. The highest BCUT2D eigenvalue weighted by molar-refractivity contribution is 5.91. The van der Waals surface area contributed by atoms with Crippen molar-refractivity contribution in [2.24, 2.45) is 5.73 Å². The van der Waals surface area contributed by atoms with E-state index in [1.165, 1.54) is 18.9 Å². The molecule has 5 heteroatoms. The Hall–Kier alpha value is -2.43. The summed E-state index contributed by atoms with van der Waals surface area (Å²) in [6.07, 6.45) is 4.56. The first-order valence-corrected chi connectivity index (χ1v) is 7.13. The van der Waals surface area contributed by atoms with Gasteiger partial charge in [-0.25, -0.2) is 4.98 Å². The number of primary amides is 1. The van der Waals surface area contributed by atoms with Gasteiger partial charge in [0.1, 0.15) is 11.8 Å². The van der Waals surface area contributed by atoms with Gasteiger partial charge in [0.2, 0.25) is 5.88 Å².